The molecule has 2 aromatic rings. The highest BCUT2D eigenvalue weighted by atomic mass is 16.6. The molecule has 0 bridgehead atoms. The molecule has 1 aromatic carbocycles. The Hall–Kier alpha value is -2.70. The second-order valence-electron chi connectivity index (χ2n) is 3.60. The van der Waals surface area contributed by atoms with Crippen LogP contribution in [0.15, 0.2) is 39.6 Å². The summed E-state index contributed by atoms with van der Waals surface area (Å²) < 4.78 is 5.54. The summed E-state index contributed by atoms with van der Waals surface area (Å²) in [5, 5.41) is 10.5. The second-order valence-corrected chi connectivity index (χ2v) is 3.60. The first-order valence-electron chi connectivity index (χ1n) is 4.98. The standard InChI is InChI=1S/C11H8N2O5/c1-7-6-10(14)18-12(7)11(15)8-2-4-9(5-3-8)13(16)17/h2-6H,1H3. The highest BCUT2D eigenvalue weighted by Crippen LogP contribution is 2.13. The van der Waals surface area contributed by atoms with Crippen molar-refractivity contribution < 1.29 is 14.2 Å². The highest BCUT2D eigenvalue weighted by Gasteiger charge is 2.15. The van der Waals surface area contributed by atoms with Crippen LogP contribution in [0.1, 0.15) is 16.1 Å². The molecule has 0 radical (unpaired) electrons. The lowest BCUT2D eigenvalue weighted by molar-refractivity contribution is -0.384. The number of non-ortho nitro benzene ring substituents is 1. The van der Waals surface area contributed by atoms with E-state index in [1.54, 1.807) is 6.92 Å². The summed E-state index contributed by atoms with van der Waals surface area (Å²) in [7, 11) is 0. The van der Waals surface area contributed by atoms with E-state index in [0.717, 1.165) is 4.74 Å². The Morgan fingerprint density at radius 1 is 1.33 bits per heavy atom. The van der Waals surface area contributed by atoms with E-state index >= 15 is 0 Å². The maximum Gasteiger partial charge on any atom is 0.358 e. The lowest BCUT2D eigenvalue weighted by Gasteiger charge is -2.01. The predicted octanol–water partition coefficient (Wildman–Crippen LogP) is 1.35. The average Bonchev–Trinajstić information content (AvgIpc) is 2.67. The third-order valence-electron chi connectivity index (χ3n) is 2.34. The van der Waals surface area contributed by atoms with Gasteiger partial charge in [-0.1, -0.05) is 0 Å². The van der Waals surface area contributed by atoms with Crippen molar-refractivity contribution in [1.29, 1.82) is 0 Å². The first-order chi connectivity index (χ1) is 8.49. The van der Waals surface area contributed by atoms with E-state index in [1.807, 2.05) is 0 Å². The van der Waals surface area contributed by atoms with Gasteiger partial charge in [0.15, 0.2) is 0 Å². The number of nitro benzene ring substituents is 1. The van der Waals surface area contributed by atoms with Crippen molar-refractivity contribution in [2.45, 2.75) is 6.92 Å². The van der Waals surface area contributed by atoms with E-state index in [2.05, 4.69) is 4.52 Å². The number of nitrogens with zero attached hydrogens (tertiary/aromatic N) is 2. The first-order valence-corrected chi connectivity index (χ1v) is 4.98. The van der Waals surface area contributed by atoms with Crippen molar-refractivity contribution in [3.8, 4) is 0 Å². The predicted molar refractivity (Wildman–Crippen MR) is 60.5 cm³/mol. The van der Waals surface area contributed by atoms with Crippen LogP contribution in [-0.4, -0.2) is 15.6 Å². The van der Waals surface area contributed by atoms with Gasteiger partial charge in [0.05, 0.1) is 10.6 Å². The smallest absolute Gasteiger partial charge is 0.328 e. The molecule has 0 N–H and O–H groups in total. The van der Waals surface area contributed by atoms with Crippen molar-refractivity contribution >= 4 is 11.6 Å². The van der Waals surface area contributed by atoms with Crippen LogP contribution >= 0.6 is 0 Å². The van der Waals surface area contributed by atoms with E-state index in [1.165, 1.54) is 30.3 Å². The zero-order chi connectivity index (χ0) is 13.3. The number of carbonyl (C=O) groups excluding carboxylic acids is 1. The fraction of sp³-hybridized carbons (Fsp3) is 0.0909. The van der Waals surface area contributed by atoms with E-state index in [0.29, 0.717) is 5.69 Å². The molecule has 0 saturated carbocycles. The maximum atomic E-state index is 11.9. The Morgan fingerprint density at radius 2 is 1.94 bits per heavy atom. The van der Waals surface area contributed by atoms with Crippen molar-refractivity contribution in [2.75, 3.05) is 0 Å². The van der Waals surface area contributed by atoms with Crippen LogP contribution in [-0.2, 0) is 0 Å². The summed E-state index contributed by atoms with van der Waals surface area (Å²) in [4.78, 5) is 32.8. The van der Waals surface area contributed by atoms with Gasteiger partial charge in [0.25, 0.3) is 11.6 Å². The van der Waals surface area contributed by atoms with Gasteiger partial charge in [-0.15, -0.1) is 4.74 Å². The van der Waals surface area contributed by atoms with Gasteiger partial charge in [0.2, 0.25) is 0 Å². The molecule has 92 valence electrons. The summed E-state index contributed by atoms with van der Waals surface area (Å²) in [6.45, 7) is 1.55. The van der Waals surface area contributed by atoms with Crippen LogP contribution in [0.2, 0.25) is 0 Å². The van der Waals surface area contributed by atoms with Crippen molar-refractivity contribution in [3.05, 3.63) is 62.1 Å². The summed E-state index contributed by atoms with van der Waals surface area (Å²) in [5.41, 5.74) is -0.175. The Balaban J connectivity index is 2.37. The number of rotatable bonds is 2. The topological polar surface area (TPSA) is 95.3 Å². The molecule has 0 aliphatic rings. The Labute approximate surface area is 100 Å². The quantitative estimate of drug-likeness (QED) is 0.590. The molecular weight excluding hydrogens is 240 g/mol. The summed E-state index contributed by atoms with van der Waals surface area (Å²) in [6.07, 6.45) is 0. The SMILES string of the molecule is Cc1cc(=O)on1C(=O)c1ccc([N+](=O)[O-])cc1. The fourth-order valence-corrected chi connectivity index (χ4v) is 1.46. The largest absolute Gasteiger partial charge is 0.358 e. The number of aromatic nitrogens is 1. The average molecular weight is 248 g/mol. The van der Waals surface area contributed by atoms with Crippen LogP contribution < -0.4 is 5.63 Å². The molecule has 0 unspecified atom stereocenters. The van der Waals surface area contributed by atoms with E-state index < -0.39 is 16.5 Å². The van der Waals surface area contributed by atoms with Gasteiger partial charge in [-0.3, -0.25) is 14.9 Å². The zero-order valence-electron chi connectivity index (χ0n) is 9.32. The van der Waals surface area contributed by atoms with Gasteiger partial charge in [-0.2, -0.15) is 0 Å². The molecule has 0 fully saturated rings. The van der Waals surface area contributed by atoms with Gasteiger partial charge in [0, 0.05) is 23.8 Å². The fourth-order valence-electron chi connectivity index (χ4n) is 1.46. The van der Waals surface area contributed by atoms with Gasteiger partial charge in [-0.05, 0) is 19.1 Å². The molecule has 7 heteroatoms. The molecule has 0 saturated heterocycles. The molecule has 0 aliphatic carbocycles. The summed E-state index contributed by atoms with van der Waals surface area (Å²) >= 11 is 0. The van der Waals surface area contributed by atoms with Gasteiger partial charge >= 0.3 is 5.63 Å². The van der Waals surface area contributed by atoms with Crippen LogP contribution in [0.4, 0.5) is 5.69 Å². The van der Waals surface area contributed by atoms with Crippen LogP contribution in [0, 0.1) is 17.0 Å². The summed E-state index contributed by atoms with van der Waals surface area (Å²) in [5.74, 6) is -0.551. The number of benzene rings is 1. The van der Waals surface area contributed by atoms with Gasteiger partial charge in [-0.25, -0.2) is 4.79 Å². The third kappa shape index (κ3) is 2.05. The number of hydrogen-bond donors (Lipinski definition) is 0. The molecule has 18 heavy (non-hydrogen) atoms. The molecule has 7 nitrogen and oxygen atoms in total. The monoisotopic (exact) mass is 248 g/mol. The van der Waals surface area contributed by atoms with Crippen molar-refractivity contribution in [1.82, 2.24) is 4.74 Å². The number of nitro groups is 1. The molecule has 0 amide bonds. The van der Waals surface area contributed by atoms with Crippen molar-refractivity contribution in [2.24, 2.45) is 0 Å². The molecule has 0 aliphatic heterocycles. The highest BCUT2D eigenvalue weighted by molar-refractivity contribution is 5.95. The van der Waals surface area contributed by atoms with E-state index in [9.17, 15) is 19.7 Å². The Bertz CT molecular complexity index is 665. The van der Waals surface area contributed by atoms with E-state index in [-0.39, 0.29) is 11.3 Å². The lowest BCUT2D eigenvalue weighted by atomic mass is 10.2. The Morgan fingerprint density at radius 3 is 2.39 bits per heavy atom. The zero-order valence-corrected chi connectivity index (χ0v) is 9.32. The van der Waals surface area contributed by atoms with Crippen LogP contribution in [0.3, 0.4) is 0 Å². The number of aryl methyl sites for hydroxylation is 1. The molecular formula is C11H8N2O5. The van der Waals surface area contributed by atoms with E-state index in [4.69, 9.17) is 0 Å². The normalized spacial score (nSPS) is 10.3. The Kier molecular flexibility index (Phi) is 2.80. The molecule has 2 rings (SSSR count). The summed E-state index contributed by atoms with van der Waals surface area (Å²) in [6, 6.07) is 6.22. The third-order valence-corrected chi connectivity index (χ3v) is 2.34. The van der Waals surface area contributed by atoms with Crippen LogP contribution in [0.5, 0.6) is 0 Å². The van der Waals surface area contributed by atoms with Gasteiger partial charge in [0.1, 0.15) is 0 Å². The molecule has 1 heterocycles. The van der Waals surface area contributed by atoms with Crippen molar-refractivity contribution in [3.63, 3.8) is 0 Å². The molecule has 0 spiro atoms. The minimum Gasteiger partial charge on any atom is -0.328 e. The number of carbonyl (C=O) groups is 1. The maximum absolute atomic E-state index is 11.9. The minimum absolute atomic E-state index is 0.114. The van der Waals surface area contributed by atoms with Gasteiger partial charge < -0.3 is 4.52 Å². The minimum atomic E-state index is -0.622. The molecule has 0 atom stereocenters. The first kappa shape index (κ1) is 11.8. The van der Waals surface area contributed by atoms with Crippen LogP contribution in [0.25, 0.3) is 0 Å². The lowest BCUT2D eigenvalue weighted by Crippen LogP contribution is -2.12. The second kappa shape index (κ2) is 4.28. The molecule has 1 aromatic heterocycles. The number of hydrogen-bond acceptors (Lipinski definition) is 5.